The van der Waals surface area contributed by atoms with Gasteiger partial charge in [-0.3, -0.25) is 9.69 Å². The lowest BCUT2D eigenvalue weighted by atomic mass is 10.0. The molecule has 0 bridgehead atoms. The van der Waals surface area contributed by atoms with E-state index in [1.165, 1.54) is 4.57 Å². The van der Waals surface area contributed by atoms with Crippen LogP contribution in [0.25, 0.3) is 0 Å². The first-order valence-electron chi connectivity index (χ1n) is 7.74. The lowest BCUT2D eigenvalue weighted by molar-refractivity contribution is 0.154. The van der Waals surface area contributed by atoms with E-state index in [4.69, 9.17) is 4.52 Å². The average Bonchev–Trinajstić information content (AvgIpc) is 3.27. The van der Waals surface area contributed by atoms with E-state index in [2.05, 4.69) is 26.9 Å². The Morgan fingerprint density at radius 2 is 2.23 bits per heavy atom. The van der Waals surface area contributed by atoms with Crippen molar-refractivity contribution >= 4 is 0 Å². The van der Waals surface area contributed by atoms with E-state index in [1.54, 1.807) is 13.4 Å². The van der Waals surface area contributed by atoms with Crippen molar-refractivity contribution in [2.24, 2.45) is 7.05 Å². The van der Waals surface area contributed by atoms with Gasteiger partial charge in [0.15, 0.2) is 5.82 Å². The molecule has 1 fully saturated rings. The maximum Gasteiger partial charge on any atom is 0.256 e. The van der Waals surface area contributed by atoms with Gasteiger partial charge in [-0.05, 0) is 26.2 Å². The zero-order chi connectivity index (χ0) is 15.3. The minimum atomic E-state index is 0.0407. The van der Waals surface area contributed by atoms with E-state index in [0.717, 1.165) is 36.5 Å². The van der Waals surface area contributed by atoms with Crippen LogP contribution in [0.2, 0.25) is 0 Å². The molecule has 2 aliphatic rings. The highest BCUT2D eigenvalue weighted by molar-refractivity contribution is 5.20. The van der Waals surface area contributed by atoms with Crippen molar-refractivity contribution in [2.45, 2.75) is 44.7 Å². The molecule has 2 aromatic heterocycles. The Labute approximate surface area is 128 Å². The smallest absolute Gasteiger partial charge is 0.256 e. The second-order valence-corrected chi connectivity index (χ2v) is 6.25. The van der Waals surface area contributed by atoms with Gasteiger partial charge < -0.3 is 9.09 Å². The Morgan fingerprint density at radius 3 is 3.00 bits per heavy atom. The largest absolute Gasteiger partial charge is 0.338 e. The fraction of sp³-hybridized carbons (Fsp3) is 0.600. The van der Waals surface area contributed by atoms with Crippen LogP contribution >= 0.6 is 0 Å². The summed E-state index contributed by atoms with van der Waals surface area (Å²) in [5, 5.41) is 4.08. The van der Waals surface area contributed by atoms with Crippen LogP contribution in [-0.4, -0.2) is 31.1 Å². The van der Waals surface area contributed by atoms with Gasteiger partial charge in [0.05, 0.1) is 18.1 Å². The summed E-state index contributed by atoms with van der Waals surface area (Å²) in [6, 6.07) is 0.0407. The third-order valence-electron chi connectivity index (χ3n) is 4.62. The molecule has 0 spiro atoms. The molecule has 0 aromatic carbocycles. The number of hydrogen-bond donors (Lipinski definition) is 0. The molecule has 0 amide bonds. The molecule has 1 unspecified atom stereocenters. The fourth-order valence-electron chi connectivity index (χ4n) is 2.95. The van der Waals surface area contributed by atoms with Crippen LogP contribution in [0.15, 0.2) is 15.6 Å². The molecule has 4 rings (SSSR count). The number of nitrogens with zero attached hydrogens (tertiary/aromatic N) is 5. The summed E-state index contributed by atoms with van der Waals surface area (Å²) in [6.45, 7) is 3.51. The minimum absolute atomic E-state index is 0.0407. The molecule has 0 radical (unpaired) electrons. The molecule has 1 atom stereocenters. The maximum absolute atomic E-state index is 12.1. The molecule has 1 saturated carbocycles. The fourth-order valence-corrected chi connectivity index (χ4v) is 2.95. The van der Waals surface area contributed by atoms with Crippen molar-refractivity contribution in [3.63, 3.8) is 0 Å². The summed E-state index contributed by atoms with van der Waals surface area (Å²) in [4.78, 5) is 23.3. The summed E-state index contributed by atoms with van der Waals surface area (Å²) in [5.41, 5.74) is 1.76. The zero-order valence-electron chi connectivity index (χ0n) is 12.8. The van der Waals surface area contributed by atoms with Gasteiger partial charge in [0.2, 0.25) is 5.89 Å². The molecule has 0 N–H and O–H groups in total. The first kappa shape index (κ1) is 13.6. The number of rotatable bonds is 3. The highest BCUT2D eigenvalue weighted by atomic mass is 16.5. The van der Waals surface area contributed by atoms with Crippen LogP contribution < -0.4 is 5.56 Å². The third kappa shape index (κ3) is 2.25. The molecular weight excluding hydrogens is 282 g/mol. The van der Waals surface area contributed by atoms with Crippen molar-refractivity contribution in [1.82, 2.24) is 24.6 Å². The van der Waals surface area contributed by atoms with Gasteiger partial charge in [-0.25, -0.2) is 4.98 Å². The third-order valence-corrected chi connectivity index (χ3v) is 4.62. The van der Waals surface area contributed by atoms with Gasteiger partial charge >= 0.3 is 0 Å². The number of aryl methyl sites for hydroxylation is 1. The second-order valence-electron chi connectivity index (χ2n) is 6.25. The van der Waals surface area contributed by atoms with Gasteiger partial charge in [0.25, 0.3) is 5.56 Å². The van der Waals surface area contributed by atoms with Crippen LogP contribution in [0.3, 0.4) is 0 Å². The molecule has 1 aliphatic carbocycles. The number of hydrogen-bond acceptors (Lipinski definition) is 6. The zero-order valence-corrected chi connectivity index (χ0v) is 12.8. The average molecular weight is 301 g/mol. The van der Waals surface area contributed by atoms with E-state index in [1.807, 2.05) is 0 Å². The standard InChI is InChI=1S/C15H19N5O2/c1-9(14-17-13(18-22-14)10-3-4-10)20-6-5-11-12(7-20)16-8-19(2)15(11)21/h8-10H,3-7H2,1-2H3. The topological polar surface area (TPSA) is 77.1 Å². The van der Waals surface area contributed by atoms with Crippen molar-refractivity contribution in [2.75, 3.05) is 6.54 Å². The van der Waals surface area contributed by atoms with Gasteiger partial charge in [-0.1, -0.05) is 5.16 Å². The molecule has 116 valence electrons. The van der Waals surface area contributed by atoms with Gasteiger partial charge in [0, 0.05) is 31.6 Å². The second kappa shape index (κ2) is 5.01. The van der Waals surface area contributed by atoms with Gasteiger partial charge in [-0.2, -0.15) is 4.98 Å². The highest BCUT2D eigenvalue weighted by Crippen LogP contribution is 2.38. The first-order valence-corrected chi connectivity index (χ1v) is 7.74. The van der Waals surface area contributed by atoms with Crippen molar-refractivity contribution in [3.8, 4) is 0 Å². The summed E-state index contributed by atoms with van der Waals surface area (Å²) < 4.78 is 6.96. The van der Waals surface area contributed by atoms with Gasteiger partial charge in [-0.15, -0.1) is 0 Å². The number of aromatic nitrogens is 4. The minimum Gasteiger partial charge on any atom is -0.338 e. The Hall–Kier alpha value is -2.02. The van der Waals surface area contributed by atoms with E-state index in [-0.39, 0.29) is 11.6 Å². The lowest BCUT2D eigenvalue weighted by Crippen LogP contribution is -2.38. The Balaban J connectivity index is 1.55. The summed E-state index contributed by atoms with van der Waals surface area (Å²) >= 11 is 0. The molecule has 2 aromatic rings. The summed E-state index contributed by atoms with van der Waals surface area (Å²) in [6.07, 6.45) is 4.63. The van der Waals surface area contributed by atoms with Crippen LogP contribution in [0, 0.1) is 0 Å². The quantitative estimate of drug-likeness (QED) is 0.846. The van der Waals surface area contributed by atoms with Crippen LogP contribution in [-0.2, 0) is 20.0 Å². The van der Waals surface area contributed by atoms with Gasteiger partial charge in [0.1, 0.15) is 0 Å². The van der Waals surface area contributed by atoms with Crippen molar-refractivity contribution in [3.05, 3.63) is 39.7 Å². The molecule has 7 nitrogen and oxygen atoms in total. The van der Waals surface area contributed by atoms with E-state index in [9.17, 15) is 4.79 Å². The molecule has 1 aliphatic heterocycles. The van der Waals surface area contributed by atoms with Crippen molar-refractivity contribution < 1.29 is 4.52 Å². The Morgan fingerprint density at radius 1 is 1.41 bits per heavy atom. The SMILES string of the molecule is CC(c1nc(C2CC2)no1)N1CCc2c(ncn(C)c2=O)C1. The maximum atomic E-state index is 12.1. The van der Waals surface area contributed by atoms with Crippen molar-refractivity contribution in [1.29, 1.82) is 0 Å². The number of fused-ring (bicyclic) bond motifs is 1. The predicted octanol–water partition coefficient (Wildman–Crippen LogP) is 1.16. The van der Waals surface area contributed by atoms with E-state index in [0.29, 0.717) is 24.8 Å². The first-order chi connectivity index (χ1) is 10.6. The molecule has 0 saturated heterocycles. The molecule has 3 heterocycles. The lowest BCUT2D eigenvalue weighted by Gasteiger charge is -2.30. The Bertz CT molecular complexity index is 762. The predicted molar refractivity (Wildman–Crippen MR) is 78.3 cm³/mol. The molecular formula is C15H19N5O2. The van der Waals surface area contributed by atoms with E-state index >= 15 is 0 Å². The van der Waals surface area contributed by atoms with Crippen LogP contribution in [0.1, 0.15) is 54.7 Å². The summed E-state index contributed by atoms with van der Waals surface area (Å²) in [5.74, 6) is 2.00. The van der Waals surface area contributed by atoms with E-state index < -0.39 is 0 Å². The Kier molecular flexibility index (Phi) is 3.11. The van der Waals surface area contributed by atoms with Crippen LogP contribution in [0.4, 0.5) is 0 Å². The van der Waals surface area contributed by atoms with Crippen LogP contribution in [0.5, 0.6) is 0 Å². The molecule has 22 heavy (non-hydrogen) atoms. The molecule has 7 heteroatoms. The normalized spacial score (nSPS) is 19.9. The monoisotopic (exact) mass is 301 g/mol. The highest BCUT2D eigenvalue weighted by Gasteiger charge is 2.32. The summed E-state index contributed by atoms with van der Waals surface area (Å²) in [7, 11) is 1.74.